The number of quaternary nitrogens is 1. The molecular formula is C17H30NO3+. The lowest BCUT2D eigenvalue weighted by Crippen LogP contribution is -2.43. The third-order valence-electron chi connectivity index (χ3n) is 3.18. The van der Waals surface area contributed by atoms with Crippen molar-refractivity contribution in [2.45, 2.75) is 32.3 Å². The van der Waals surface area contributed by atoms with Crippen LogP contribution in [0, 0.1) is 0 Å². The second kappa shape index (κ2) is 6.67. The summed E-state index contributed by atoms with van der Waals surface area (Å²) in [7, 11) is 7.82. The van der Waals surface area contributed by atoms with Gasteiger partial charge in [0.2, 0.25) is 0 Å². The summed E-state index contributed by atoms with van der Waals surface area (Å²) in [5, 5.41) is 10.1. The molecule has 0 aliphatic rings. The fourth-order valence-corrected chi connectivity index (χ4v) is 2.22. The molecule has 1 rings (SSSR count). The third-order valence-corrected chi connectivity index (χ3v) is 3.18. The number of aliphatic hydroxyl groups excluding tert-OH is 1. The maximum Gasteiger partial charge on any atom is 0.137 e. The van der Waals surface area contributed by atoms with E-state index in [1.807, 2.05) is 18.2 Å². The van der Waals surface area contributed by atoms with Crippen LogP contribution in [0.1, 0.15) is 26.3 Å². The minimum Gasteiger partial charge on any atom is -0.497 e. The van der Waals surface area contributed by atoms with Gasteiger partial charge >= 0.3 is 0 Å². The second-order valence-electron chi connectivity index (χ2n) is 7.55. The minimum atomic E-state index is -0.486. The first-order valence-electron chi connectivity index (χ1n) is 7.33. The molecule has 0 saturated carbocycles. The molecule has 0 unspecified atom stereocenters. The van der Waals surface area contributed by atoms with Crippen LogP contribution in [0.5, 0.6) is 11.5 Å². The van der Waals surface area contributed by atoms with E-state index in [-0.39, 0.29) is 5.41 Å². The van der Waals surface area contributed by atoms with Crippen molar-refractivity contribution in [2.24, 2.45) is 0 Å². The Morgan fingerprint density at radius 3 is 2.29 bits per heavy atom. The summed E-state index contributed by atoms with van der Waals surface area (Å²) in [6.45, 7) is 7.36. The molecule has 1 aromatic carbocycles. The first kappa shape index (κ1) is 17.8. The van der Waals surface area contributed by atoms with Crippen LogP contribution >= 0.6 is 0 Å². The zero-order valence-corrected chi connectivity index (χ0v) is 14.4. The Hall–Kier alpha value is -1.26. The molecule has 21 heavy (non-hydrogen) atoms. The van der Waals surface area contributed by atoms with E-state index in [1.165, 1.54) is 0 Å². The van der Waals surface area contributed by atoms with Crippen molar-refractivity contribution in [1.82, 2.24) is 0 Å². The molecule has 4 heteroatoms. The number of hydrogen-bond donors (Lipinski definition) is 1. The van der Waals surface area contributed by atoms with E-state index >= 15 is 0 Å². The number of likely N-dealkylation sites (N-methyl/N-ethyl adjacent to an activating group) is 1. The van der Waals surface area contributed by atoms with Gasteiger partial charge in [0, 0.05) is 5.56 Å². The van der Waals surface area contributed by atoms with Crippen LogP contribution in [0.25, 0.3) is 0 Å². The summed E-state index contributed by atoms with van der Waals surface area (Å²) in [5.74, 6) is 1.63. The van der Waals surface area contributed by atoms with Crippen molar-refractivity contribution in [1.29, 1.82) is 0 Å². The van der Waals surface area contributed by atoms with Gasteiger partial charge in [-0.1, -0.05) is 20.8 Å². The molecule has 0 aliphatic carbocycles. The first-order valence-corrected chi connectivity index (χ1v) is 7.33. The van der Waals surface area contributed by atoms with Crippen LogP contribution in [0.15, 0.2) is 18.2 Å². The van der Waals surface area contributed by atoms with Crippen molar-refractivity contribution in [3.05, 3.63) is 23.8 Å². The molecule has 0 heterocycles. The third kappa shape index (κ3) is 5.94. The number of aliphatic hydroxyl groups is 1. The van der Waals surface area contributed by atoms with Crippen LogP contribution in [0.4, 0.5) is 0 Å². The molecule has 0 saturated heterocycles. The van der Waals surface area contributed by atoms with Crippen molar-refractivity contribution < 1.29 is 19.1 Å². The Morgan fingerprint density at radius 2 is 1.81 bits per heavy atom. The van der Waals surface area contributed by atoms with Gasteiger partial charge in [-0.25, -0.2) is 0 Å². The van der Waals surface area contributed by atoms with E-state index in [4.69, 9.17) is 9.47 Å². The summed E-state index contributed by atoms with van der Waals surface area (Å²) in [6.07, 6.45) is -0.486. The standard InChI is InChI=1S/C17H30NO3/c1-17(2,3)15-10-14(20-7)8-9-16(15)21-12-13(19)11-18(4,5)6/h8-10,13,19H,11-12H2,1-7H3/q+1/t13-/m1/s1. The molecule has 0 bridgehead atoms. The molecule has 0 aliphatic heterocycles. The number of hydrogen-bond acceptors (Lipinski definition) is 3. The van der Waals surface area contributed by atoms with Crippen molar-refractivity contribution in [3.8, 4) is 11.5 Å². The SMILES string of the molecule is COc1ccc(OC[C@H](O)C[N+](C)(C)C)c(C(C)(C)C)c1. The molecule has 1 N–H and O–H groups in total. The number of benzene rings is 1. The van der Waals surface area contributed by atoms with Gasteiger partial charge in [0.15, 0.2) is 0 Å². The number of nitrogens with zero attached hydrogens (tertiary/aromatic N) is 1. The first-order chi connectivity index (χ1) is 9.53. The predicted octanol–water partition coefficient (Wildman–Crippen LogP) is 2.44. The van der Waals surface area contributed by atoms with Gasteiger partial charge in [0.05, 0.1) is 28.3 Å². The highest BCUT2D eigenvalue weighted by molar-refractivity contribution is 5.44. The van der Waals surface area contributed by atoms with Crippen LogP contribution in [0.2, 0.25) is 0 Å². The molecule has 120 valence electrons. The summed E-state index contributed by atoms with van der Waals surface area (Å²) < 4.78 is 11.9. The molecule has 1 aromatic rings. The number of methoxy groups -OCH3 is 1. The fourth-order valence-electron chi connectivity index (χ4n) is 2.22. The second-order valence-corrected chi connectivity index (χ2v) is 7.55. The molecule has 1 atom stereocenters. The predicted molar refractivity (Wildman–Crippen MR) is 86.1 cm³/mol. The van der Waals surface area contributed by atoms with Crippen LogP contribution in [-0.4, -0.2) is 57.1 Å². The maximum absolute atomic E-state index is 10.1. The summed E-state index contributed by atoms with van der Waals surface area (Å²) in [5.41, 5.74) is 1.04. The van der Waals surface area contributed by atoms with E-state index in [1.54, 1.807) is 7.11 Å². The maximum atomic E-state index is 10.1. The topological polar surface area (TPSA) is 38.7 Å². The Bertz CT molecular complexity index is 458. The molecule has 0 aromatic heterocycles. The van der Waals surface area contributed by atoms with Gasteiger partial charge in [-0.05, 0) is 23.6 Å². The molecule has 0 fully saturated rings. The summed E-state index contributed by atoms with van der Waals surface area (Å²) >= 11 is 0. The normalized spacial score (nSPS) is 13.9. The lowest BCUT2D eigenvalue weighted by Gasteiger charge is -2.28. The molecule has 0 spiro atoms. The van der Waals surface area contributed by atoms with Gasteiger partial charge in [-0.3, -0.25) is 0 Å². The smallest absolute Gasteiger partial charge is 0.137 e. The summed E-state index contributed by atoms with van der Waals surface area (Å²) in [4.78, 5) is 0. The molecular weight excluding hydrogens is 266 g/mol. The highest BCUT2D eigenvalue weighted by Gasteiger charge is 2.22. The van der Waals surface area contributed by atoms with Gasteiger partial charge in [-0.2, -0.15) is 0 Å². The van der Waals surface area contributed by atoms with E-state index in [9.17, 15) is 5.11 Å². The highest BCUT2D eigenvalue weighted by Crippen LogP contribution is 2.34. The Labute approximate surface area is 128 Å². The molecule has 0 radical (unpaired) electrons. The lowest BCUT2D eigenvalue weighted by atomic mass is 9.86. The number of ether oxygens (including phenoxy) is 2. The van der Waals surface area contributed by atoms with Gasteiger partial charge < -0.3 is 19.1 Å². The quantitative estimate of drug-likeness (QED) is 0.820. The van der Waals surface area contributed by atoms with Gasteiger partial charge in [-0.15, -0.1) is 0 Å². The van der Waals surface area contributed by atoms with Gasteiger partial charge in [0.25, 0.3) is 0 Å². The number of rotatable bonds is 6. The van der Waals surface area contributed by atoms with Crippen molar-refractivity contribution in [3.63, 3.8) is 0 Å². The monoisotopic (exact) mass is 296 g/mol. The minimum absolute atomic E-state index is 0.0467. The average molecular weight is 296 g/mol. The highest BCUT2D eigenvalue weighted by atomic mass is 16.5. The van der Waals surface area contributed by atoms with Crippen LogP contribution in [-0.2, 0) is 5.41 Å². The lowest BCUT2D eigenvalue weighted by molar-refractivity contribution is -0.873. The van der Waals surface area contributed by atoms with Crippen molar-refractivity contribution >= 4 is 0 Å². The summed E-state index contributed by atoms with van der Waals surface area (Å²) in [6, 6.07) is 5.80. The van der Waals surface area contributed by atoms with Crippen LogP contribution in [0.3, 0.4) is 0 Å². The van der Waals surface area contributed by atoms with E-state index in [0.29, 0.717) is 17.6 Å². The van der Waals surface area contributed by atoms with Crippen molar-refractivity contribution in [2.75, 3.05) is 41.4 Å². The van der Waals surface area contributed by atoms with E-state index < -0.39 is 6.10 Å². The zero-order chi connectivity index (χ0) is 16.3. The molecule has 4 nitrogen and oxygen atoms in total. The Balaban J connectivity index is 2.84. The Morgan fingerprint density at radius 1 is 1.19 bits per heavy atom. The Kier molecular flexibility index (Phi) is 5.65. The largest absolute Gasteiger partial charge is 0.497 e. The van der Waals surface area contributed by atoms with E-state index in [0.717, 1.165) is 17.1 Å². The van der Waals surface area contributed by atoms with E-state index in [2.05, 4.69) is 41.9 Å². The zero-order valence-electron chi connectivity index (χ0n) is 14.4. The average Bonchev–Trinajstić information content (AvgIpc) is 2.33. The fraction of sp³-hybridized carbons (Fsp3) is 0.647. The van der Waals surface area contributed by atoms with Gasteiger partial charge in [0.1, 0.15) is 30.8 Å². The molecule has 0 amide bonds. The van der Waals surface area contributed by atoms with Crippen LogP contribution < -0.4 is 9.47 Å².